The number of nitrogen functional groups attached to an aromatic ring is 1. The van der Waals surface area contributed by atoms with Crippen LogP contribution in [0.4, 0.5) is 11.4 Å². The smallest absolute Gasteiger partial charge is 0.272 e. The average molecular weight is 297 g/mol. The van der Waals surface area contributed by atoms with Crippen LogP contribution in [0.5, 0.6) is 0 Å². The number of thioether (sulfide) groups is 1. The predicted octanol–water partition coefficient (Wildman–Crippen LogP) is 3.72. The molecule has 0 spiro atoms. The molecule has 2 aromatic carbocycles. The molecule has 3 rings (SSSR count). The number of anilines is 2. The number of aromatic nitrogens is 1. The zero-order valence-corrected chi connectivity index (χ0v) is 12.3. The summed E-state index contributed by atoms with van der Waals surface area (Å²) in [7, 11) is 0. The van der Waals surface area contributed by atoms with Gasteiger partial charge in [0.25, 0.3) is 5.91 Å². The third-order valence-corrected chi connectivity index (χ3v) is 3.98. The fraction of sp³-hybridized carbons (Fsp3) is 0.0625. The Hall–Kier alpha value is -2.40. The highest BCUT2D eigenvalue weighted by Crippen LogP contribution is 2.20. The van der Waals surface area contributed by atoms with Crippen molar-refractivity contribution in [2.75, 3.05) is 17.3 Å². The van der Waals surface area contributed by atoms with Crippen LogP contribution < -0.4 is 11.1 Å². The van der Waals surface area contributed by atoms with Gasteiger partial charge in [-0.05, 0) is 54.8 Å². The van der Waals surface area contributed by atoms with Crippen molar-refractivity contribution in [3.05, 3.63) is 54.2 Å². The SMILES string of the molecule is CSc1ccc(NC(=O)c2cc3cc(N)ccc3[nH]2)cc1. The minimum absolute atomic E-state index is 0.165. The van der Waals surface area contributed by atoms with E-state index in [-0.39, 0.29) is 5.91 Å². The molecular weight excluding hydrogens is 282 g/mol. The molecule has 4 N–H and O–H groups in total. The van der Waals surface area contributed by atoms with Gasteiger partial charge in [-0.3, -0.25) is 4.79 Å². The van der Waals surface area contributed by atoms with Gasteiger partial charge in [-0.1, -0.05) is 0 Å². The lowest BCUT2D eigenvalue weighted by atomic mass is 10.2. The molecule has 106 valence electrons. The van der Waals surface area contributed by atoms with E-state index < -0.39 is 0 Å². The minimum atomic E-state index is -0.165. The van der Waals surface area contributed by atoms with Crippen molar-refractivity contribution in [3.63, 3.8) is 0 Å². The molecule has 3 aromatic rings. The van der Waals surface area contributed by atoms with Crippen molar-refractivity contribution in [1.29, 1.82) is 0 Å². The van der Waals surface area contributed by atoms with Gasteiger partial charge >= 0.3 is 0 Å². The third-order valence-electron chi connectivity index (χ3n) is 3.24. The van der Waals surface area contributed by atoms with E-state index >= 15 is 0 Å². The molecular formula is C16H15N3OS. The predicted molar refractivity (Wildman–Crippen MR) is 88.9 cm³/mol. The summed E-state index contributed by atoms with van der Waals surface area (Å²) in [5, 5.41) is 3.80. The summed E-state index contributed by atoms with van der Waals surface area (Å²) in [5.41, 5.74) is 8.61. The van der Waals surface area contributed by atoms with Gasteiger partial charge < -0.3 is 16.0 Å². The van der Waals surface area contributed by atoms with Gasteiger partial charge in [-0.25, -0.2) is 0 Å². The van der Waals surface area contributed by atoms with Crippen LogP contribution in [-0.2, 0) is 0 Å². The highest BCUT2D eigenvalue weighted by Gasteiger charge is 2.10. The molecule has 0 radical (unpaired) electrons. The lowest BCUT2D eigenvalue weighted by molar-refractivity contribution is 0.102. The number of amides is 1. The number of nitrogens with one attached hydrogen (secondary N) is 2. The van der Waals surface area contributed by atoms with Crippen molar-refractivity contribution in [2.24, 2.45) is 0 Å². The van der Waals surface area contributed by atoms with E-state index in [0.29, 0.717) is 11.4 Å². The monoisotopic (exact) mass is 297 g/mol. The lowest BCUT2D eigenvalue weighted by Crippen LogP contribution is -2.11. The van der Waals surface area contributed by atoms with E-state index in [1.807, 2.05) is 48.7 Å². The van der Waals surface area contributed by atoms with E-state index in [9.17, 15) is 4.79 Å². The maximum Gasteiger partial charge on any atom is 0.272 e. The molecule has 0 aliphatic carbocycles. The van der Waals surface area contributed by atoms with E-state index in [4.69, 9.17) is 5.73 Å². The molecule has 0 saturated carbocycles. The first-order chi connectivity index (χ1) is 10.2. The Morgan fingerprint density at radius 2 is 1.90 bits per heavy atom. The molecule has 1 heterocycles. The standard InChI is InChI=1S/C16H15N3OS/c1-21-13-5-3-12(4-6-13)18-16(20)15-9-10-8-11(17)2-7-14(10)19-15/h2-9,19H,17H2,1H3,(H,18,20). The Kier molecular flexibility index (Phi) is 3.58. The summed E-state index contributed by atoms with van der Waals surface area (Å²) in [6.07, 6.45) is 2.02. The molecule has 0 aliphatic heterocycles. The quantitative estimate of drug-likeness (QED) is 0.509. The van der Waals surface area contributed by atoms with Crippen molar-refractivity contribution in [2.45, 2.75) is 4.90 Å². The number of hydrogen-bond acceptors (Lipinski definition) is 3. The van der Waals surface area contributed by atoms with E-state index in [1.54, 1.807) is 17.8 Å². The van der Waals surface area contributed by atoms with Gasteiger partial charge in [0.05, 0.1) is 0 Å². The van der Waals surface area contributed by atoms with Crippen LogP contribution in [0.3, 0.4) is 0 Å². The Labute approximate surface area is 126 Å². The van der Waals surface area contributed by atoms with Crippen LogP contribution in [0.25, 0.3) is 10.9 Å². The number of rotatable bonds is 3. The van der Waals surface area contributed by atoms with Gasteiger partial charge in [-0.2, -0.15) is 0 Å². The number of H-pyrrole nitrogens is 1. The first-order valence-corrected chi connectivity index (χ1v) is 7.72. The molecule has 5 heteroatoms. The molecule has 0 fully saturated rings. The second kappa shape index (κ2) is 5.54. The van der Waals surface area contributed by atoms with Crippen molar-refractivity contribution < 1.29 is 4.79 Å². The van der Waals surface area contributed by atoms with Crippen molar-refractivity contribution >= 4 is 39.9 Å². The van der Waals surface area contributed by atoms with Crippen LogP contribution in [0.15, 0.2) is 53.4 Å². The van der Waals surface area contributed by atoms with Gasteiger partial charge in [0.15, 0.2) is 0 Å². The molecule has 1 aromatic heterocycles. The zero-order chi connectivity index (χ0) is 14.8. The summed E-state index contributed by atoms with van der Waals surface area (Å²) in [6.45, 7) is 0. The Balaban J connectivity index is 1.82. The number of carbonyl (C=O) groups excluding carboxylic acids is 1. The highest BCUT2D eigenvalue weighted by molar-refractivity contribution is 7.98. The van der Waals surface area contributed by atoms with E-state index in [0.717, 1.165) is 21.5 Å². The van der Waals surface area contributed by atoms with Crippen LogP contribution in [0.1, 0.15) is 10.5 Å². The van der Waals surface area contributed by atoms with Crippen LogP contribution >= 0.6 is 11.8 Å². The van der Waals surface area contributed by atoms with Gasteiger partial charge in [0, 0.05) is 27.2 Å². The molecule has 0 atom stereocenters. The van der Waals surface area contributed by atoms with Gasteiger partial charge in [0.2, 0.25) is 0 Å². The van der Waals surface area contributed by atoms with Crippen LogP contribution in [0.2, 0.25) is 0 Å². The van der Waals surface area contributed by atoms with Gasteiger partial charge in [-0.15, -0.1) is 11.8 Å². The summed E-state index contributed by atoms with van der Waals surface area (Å²) in [4.78, 5) is 16.5. The maximum absolute atomic E-state index is 12.2. The first kappa shape index (κ1) is 13.6. The van der Waals surface area contributed by atoms with Crippen molar-refractivity contribution in [1.82, 2.24) is 4.98 Å². The summed E-state index contributed by atoms with van der Waals surface area (Å²) >= 11 is 1.67. The molecule has 1 amide bonds. The number of carbonyl (C=O) groups is 1. The average Bonchev–Trinajstić information content (AvgIpc) is 2.91. The Morgan fingerprint density at radius 1 is 1.14 bits per heavy atom. The van der Waals surface area contributed by atoms with E-state index in [2.05, 4.69) is 10.3 Å². The number of nitrogens with two attached hydrogens (primary N) is 1. The largest absolute Gasteiger partial charge is 0.399 e. The summed E-state index contributed by atoms with van der Waals surface area (Å²) < 4.78 is 0. The molecule has 0 bridgehead atoms. The van der Waals surface area contributed by atoms with Crippen LogP contribution in [-0.4, -0.2) is 17.1 Å². The lowest BCUT2D eigenvalue weighted by Gasteiger charge is -2.04. The maximum atomic E-state index is 12.2. The highest BCUT2D eigenvalue weighted by atomic mass is 32.2. The Bertz CT molecular complexity index is 793. The topological polar surface area (TPSA) is 70.9 Å². The molecule has 21 heavy (non-hydrogen) atoms. The van der Waals surface area contributed by atoms with E-state index in [1.165, 1.54) is 0 Å². The molecule has 0 saturated heterocycles. The second-order valence-electron chi connectivity index (χ2n) is 4.71. The fourth-order valence-corrected chi connectivity index (χ4v) is 2.55. The molecule has 4 nitrogen and oxygen atoms in total. The fourth-order valence-electron chi connectivity index (χ4n) is 2.15. The minimum Gasteiger partial charge on any atom is -0.399 e. The molecule has 0 aliphatic rings. The van der Waals surface area contributed by atoms with Crippen molar-refractivity contribution in [3.8, 4) is 0 Å². The first-order valence-electron chi connectivity index (χ1n) is 6.49. The number of benzene rings is 2. The second-order valence-corrected chi connectivity index (χ2v) is 5.59. The summed E-state index contributed by atoms with van der Waals surface area (Å²) in [6, 6.07) is 15.1. The number of aromatic amines is 1. The summed E-state index contributed by atoms with van der Waals surface area (Å²) in [5.74, 6) is -0.165. The van der Waals surface area contributed by atoms with Gasteiger partial charge in [0.1, 0.15) is 5.69 Å². The third kappa shape index (κ3) is 2.87. The number of fused-ring (bicyclic) bond motifs is 1. The normalized spacial score (nSPS) is 10.7. The molecule has 0 unspecified atom stereocenters. The van der Waals surface area contributed by atoms with Crippen LogP contribution in [0, 0.1) is 0 Å². The number of hydrogen-bond donors (Lipinski definition) is 3. The Morgan fingerprint density at radius 3 is 2.62 bits per heavy atom. The zero-order valence-electron chi connectivity index (χ0n) is 11.5.